The van der Waals surface area contributed by atoms with Gasteiger partial charge in [-0.1, -0.05) is 0 Å². The summed E-state index contributed by atoms with van der Waals surface area (Å²) >= 11 is 0. The van der Waals surface area contributed by atoms with E-state index in [1.807, 2.05) is 0 Å². The molecular formula is C17H27ClN2O5. The van der Waals surface area contributed by atoms with Gasteiger partial charge in [0, 0.05) is 31.4 Å². The fraction of sp³-hybridized carbons (Fsp3) is 0.588. The van der Waals surface area contributed by atoms with Gasteiger partial charge in [-0.05, 0) is 18.8 Å². The van der Waals surface area contributed by atoms with Gasteiger partial charge in [0.05, 0.1) is 26.8 Å². The second kappa shape index (κ2) is 11.0. The fourth-order valence-corrected chi connectivity index (χ4v) is 2.61. The summed E-state index contributed by atoms with van der Waals surface area (Å²) in [5.74, 6) is 1.95. The predicted octanol–water partition coefficient (Wildman–Crippen LogP) is 1.37. The number of rotatable bonds is 8. The minimum atomic E-state index is -0.495. The van der Waals surface area contributed by atoms with Crippen LogP contribution in [0.1, 0.15) is 12.8 Å². The molecular weight excluding hydrogens is 348 g/mol. The summed E-state index contributed by atoms with van der Waals surface area (Å²) < 4.78 is 21.3. The van der Waals surface area contributed by atoms with Crippen molar-refractivity contribution in [3.05, 3.63) is 18.2 Å². The van der Waals surface area contributed by atoms with Gasteiger partial charge in [0.25, 0.3) is 0 Å². The summed E-state index contributed by atoms with van der Waals surface area (Å²) in [4.78, 5) is 12.1. The number of methoxy groups -OCH3 is 2. The Morgan fingerprint density at radius 2 is 1.76 bits per heavy atom. The number of ether oxygens (including phenoxy) is 4. The molecule has 1 aliphatic rings. The minimum absolute atomic E-state index is 0. The number of carbonyl (C=O) groups excluding carboxylic acids is 1. The van der Waals surface area contributed by atoms with E-state index in [1.165, 1.54) is 0 Å². The molecule has 1 heterocycles. The lowest BCUT2D eigenvalue weighted by molar-refractivity contribution is -0.124. The lowest BCUT2D eigenvalue weighted by atomic mass is 9.92. The Kier molecular flexibility index (Phi) is 9.41. The van der Waals surface area contributed by atoms with Gasteiger partial charge in [0.15, 0.2) is 0 Å². The van der Waals surface area contributed by atoms with Gasteiger partial charge in [0.2, 0.25) is 5.91 Å². The molecule has 1 atom stereocenters. The number of benzene rings is 1. The number of halogens is 1. The molecule has 1 amide bonds. The molecule has 0 aliphatic carbocycles. The van der Waals surface area contributed by atoms with E-state index in [4.69, 9.17) is 24.7 Å². The average Bonchev–Trinajstić information content (AvgIpc) is 2.64. The van der Waals surface area contributed by atoms with Crippen LogP contribution >= 0.6 is 12.4 Å². The van der Waals surface area contributed by atoms with Gasteiger partial charge in [-0.2, -0.15) is 0 Å². The van der Waals surface area contributed by atoms with Crippen LogP contribution in [0.25, 0.3) is 0 Å². The summed E-state index contributed by atoms with van der Waals surface area (Å²) in [6, 6.07) is 4.79. The lowest BCUT2D eigenvalue weighted by Gasteiger charge is -2.26. The molecule has 25 heavy (non-hydrogen) atoms. The molecule has 8 heteroatoms. The maximum absolute atomic E-state index is 12.1. The van der Waals surface area contributed by atoms with E-state index < -0.39 is 6.04 Å². The van der Waals surface area contributed by atoms with Crippen LogP contribution in [0.4, 0.5) is 0 Å². The van der Waals surface area contributed by atoms with Crippen LogP contribution in [0.2, 0.25) is 0 Å². The van der Waals surface area contributed by atoms with Gasteiger partial charge >= 0.3 is 0 Å². The monoisotopic (exact) mass is 374 g/mol. The standard InChI is InChI=1S/C17H26N2O5.ClH/c1-21-13-9-14(22-2)11-15(10-13)24-8-5-19-17(20)16(18)12-3-6-23-7-4-12;/h9-12,16H,3-8,18H2,1-2H3,(H,19,20);1H. The zero-order valence-corrected chi connectivity index (χ0v) is 15.5. The first kappa shape index (κ1) is 21.3. The van der Waals surface area contributed by atoms with Crippen LogP contribution in [0.3, 0.4) is 0 Å². The zero-order valence-electron chi connectivity index (χ0n) is 14.7. The van der Waals surface area contributed by atoms with Crippen molar-refractivity contribution < 1.29 is 23.7 Å². The number of hydrogen-bond donors (Lipinski definition) is 2. The number of nitrogens with two attached hydrogens (primary N) is 1. The Balaban J connectivity index is 0.00000312. The van der Waals surface area contributed by atoms with Crippen LogP contribution in [-0.2, 0) is 9.53 Å². The van der Waals surface area contributed by atoms with Gasteiger partial charge in [-0.3, -0.25) is 4.79 Å². The highest BCUT2D eigenvalue weighted by molar-refractivity contribution is 5.85. The van der Waals surface area contributed by atoms with Crippen LogP contribution in [-0.4, -0.2) is 52.5 Å². The van der Waals surface area contributed by atoms with Gasteiger partial charge in [-0.25, -0.2) is 0 Å². The van der Waals surface area contributed by atoms with Gasteiger partial charge < -0.3 is 30.0 Å². The predicted molar refractivity (Wildman–Crippen MR) is 96.8 cm³/mol. The summed E-state index contributed by atoms with van der Waals surface area (Å²) in [5, 5.41) is 2.81. The highest BCUT2D eigenvalue weighted by atomic mass is 35.5. The quantitative estimate of drug-likeness (QED) is 0.668. The third-order valence-corrected chi connectivity index (χ3v) is 4.07. The van der Waals surface area contributed by atoms with Crippen molar-refractivity contribution in [1.82, 2.24) is 5.32 Å². The van der Waals surface area contributed by atoms with Crippen LogP contribution < -0.4 is 25.3 Å². The highest BCUT2D eigenvalue weighted by Crippen LogP contribution is 2.27. The van der Waals surface area contributed by atoms with E-state index in [1.54, 1.807) is 32.4 Å². The molecule has 0 bridgehead atoms. The van der Waals surface area contributed by atoms with Crippen LogP contribution in [0, 0.1) is 5.92 Å². The van der Waals surface area contributed by atoms with Gasteiger partial charge in [-0.15, -0.1) is 12.4 Å². The maximum atomic E-state index is 12.1. The zero-order chi connectivity index (χ0) is 17.4. The summed E-state index contributed by atoms with van der Waals surface area (Å²) in [5.41, 5.74) is 6.02. The largest absolute Gasteiger partial charge is 0.496 e. The topological polar surface area (TPSA) is 92.0 Å². The third-order valence-electron chi connectivity index (χ3n) is 4.07. The van der Waals surface area contributed by atoms with Crippen LogP contribution in [0.15, 0.2) is 18.2 Å². The Morgan fingerprint density at radius 3 is 2.32 bits per heavy atom. The van der Waals surface area contributed by atoms with E-state index in [2.05, 4.69) is 5.32 Å². The molecule has 1 aromatic rings. The van der Waals surface area contributed by atoms with Crippen molar-refractivity contribution in [1.29, 1.82) is 0 Å². The molecule has 1 aromatic carbocycles. The molecule has 1 fully saturated rings. The van der Waals surface area contributed by atoms with Crippen molar-refractivity contribution in [2.24, 2.45) is 11.7 Å². The molecule has 7 nitrogen and oxygen atoms in total. The molecule has 0 aromatic heterocycles. The SMILES string of the molecule is COc1cc(OC)cc(OCCNC(=O)C(N)C2CCOCC2)c1.Cl. The van der Waals surface area contributed by atoms with Crippen LogP contribution in [0.5, 0.6) is 17.2 Å². The first-order chi connectivity index (χ1) is 11.6. The molecule has 142 valence electrons. The number of hydrogen-bond acceptors (Lipinski definition) is 6. The second-order valence-corrected chi connectivity index (χ2v) is 5.66. The Labute approximate surface area is 154 Å². The number of amides is 1. The number of carbonyl (C=O) groups is 1. The van der Waals surface area contributed by atoms with E-state index in [0.717, 1.165) is 12.8 Å². The van der Waals surface area contributed by atoms with E-state index in [0.29, 0.717) is 43.6 Å². The molecule has 2 rings (SSSR count). The number of nitrogens with one attached hydrogen (secondary N) is 1. The lowest BCUT2D eigenvalue weighted by Crippen LogP contribution is -2.47. The van der Waals surface area contributed by atoms with Crippen molar-refractivity contribution >= 4 is 18.3 Å². The fourth-order valence-electron chi connectivity index (χ4n) is 2.61. The molecule has 1 saturated heterocycles. The molecule has 0 saturated carbocycles. The Morgan fingerprint density at radius 1 is 1.20 bits per heavy atom. The van der Waals surface area contributed by atoms with Crippen molar-refractivity contribution in [3.63, 3.8) is 0 Å². The van der Waals surface area contributed by atoms with Gasteiger partial charge in [0.1, 0.15) is 23.9 Å². The maximum Gasteiger partial charge on any atom is 0.237 e. The molecule has 3 N–H and O–H groups in total. The van der Waals surface area contributed by atoms with Crippen molar-refractivity contribution in [3.8, 4) is 17.2 Å². The summed E-state index contributed by atoms with van der Waals surface area (Å²) in [7, 11) is 3.16. The minimum Gasteiger partial charge on any atom is -0.496 e. The molecule has 1 unspecified atom stereocenters. The van der Waals surface area contributed by atoms with Crippen molar-refractivity contribution in [2.45, 2.75) is 18.9 Å². The van der Waals surface area contributed by atoms with Crippen molar-refractivity contribution in [2.75, 3.05) is 40.6 Å². The summed E-state index contributed by atoms with van der Waals surface area (Å²) in [6.45, 7) is 2.07. The molecule has 0 spiro atoms. The van der Waals surface area contributed by atoms with E-state index in [9.17, 15) is 4.79 Å². The highest BCUT2D eigenvalue weighted by Gasteiger charge is 2.26. The summed E-state index contributed by atoms with van der Waals surface area (Å²) in [6.07, 6.45) is 1.66. The average molecular weight is 375 g/mol. The Hall–Kier alpha value is -1.70. The third kappa shape index (κ3) is 6.61. The second-order valence-electron chi connectivity index (χ2n) is 5.66. The first-order valence-corrected chi connectivity index (χ1v) is 8.11. The van der Waals surface area contributed by atoms with E-state index in [-0.39, 0.29) is 24.2 Å². The molecule has 0 radical (unpaired) electrons. The normalized spacial score (nSPS) is 15.6. The first-order valence-electron chi connectivity index (χ1n) is 8.11. The van der Waals surface area contributed by atoms with E-state index >= 15 is 0 Å². The smallest absolute Gasteiger partial charge is 0.237 e. The molecule has 1 aliphatic heterocycles. The Bertz CT molecular complexity index is 516.